The van der Waals surface area contributed by atoms with E-state index in [1.165, 1.54) is 12.8 Å². The third-order valence-electron chi connectivity index (χ3n) is 5.32. The molecule has 7 nitrogen and oxygen atoms in total. The number of benzene rings is 1. The quantitative estimate of drug-likeness (QED) is 0.618. The number of fused-ring (bicyclic) bond motifs is 1. The third kappa shape index (κ3) is 3.46. The van der Waals surface area contributed by atoms with Gasteiger partial charge in [0.1, 0.15) is 16.7 Å². The molecule has 1 aromatic carbocycles. The summed E-state index contributed by atoms with van der Waals surface area (Å²) < 4.78 is 12.5. The van der Waals surface area contributed by atoms with Gasteiger partial charge in [-0.25, -0.2) is 9.97 Å². The lowest BCUT2D eigenvalue weighted by molar-refractivity contribution is 0.391. The molecule has 0 atom stereocenters. The van der Waals surface area contributed by atoms with E-state index in [0.717, 1.165) is 46.9 Å². The van der Waals surface area contributed by atoms with Crippen LogP contribution in [0.2, 0.25) is 5.15 Å². The molecule has 1 N–H and O–H groups in total. The van der Waals surface area contributed by atoms with Crippen molar-refractivity contribution < 1.29 is 9.47 Å². The van der Waals surface area contributed by atoms with Gasteiger partial charge < -0.3 is 14.8 Å². The summed E-state index contributed by atoms with van der Waals surface area (Å²) in [6, 6.07) is 5.72. The first kappa shape index (κ1) is 18.8. The smallest absolute Gasteiger partial charge is 0.227 e. The maximum absolute atomic E-state index is 6.37. The lowest BCUT2D eigenvalue weighted by atomic mass is 10.1. The first-order valence-corrected chi connectivity index (χ1v) is 9.86. The molecule has 1 aliphatic carbocycles. The highest BCUT2D eigenvalue weighted by Gasteiger charge is 2.23. The molecule has 2 heterocycles. The fraction of sp³-hybridized carbons (Fsp3) is 0.450. The van der Waals surface area contributed by atoms with Crippen LogP contribution in [0.3, 0.4) is 0 Å². The minimum absolute atomic E-state index is 0.424. The van der Waals surface area contributed by atoms with Crippen LogP contribution in [0.1, 0.15) is 48.6 Å². The Hall–Kier alpha value is -2.54. The van der Waals surface area contributed by atoms with Crippen LogP contribution >= 0.6 is 11.6 Å². The number of rotatable bonds is 6. The Morgan fingerprint density at radius 2 is 1.96 bits per heavy atom. The summed E-state index contributed by atoms with van der Waals surface area (Å²) in [6.07, 6.45) is 4.76. The second-order valence-electron chi connectivity index (χ2n) is 7.07. The number of aromatic nitrogens is 4. The van der Waals surface area contributed by atoms with Crippen LogP contribution in [0.5, 0.6) is 11.5 Å². The highest BCUT2D eigenvalue weighted by atomic mass is 35.5. The van der Waals surface area contributed by atoms with Crippen molar-refractivity contribution in [2.24, 2.45) is 0 Å². The predicted octanol–water partition coefficient (Wildman–Crippen LogP) is 4.37. The van der Waals surface area contributed by atoms with Gasteiger partial charge in [0.2, 0.25) is 5.95 Å². The monoisotopic (exact) mass is 401 g/mol. The Bertz CT molecular complexity index is 998. The molecule has 2 aromatic heterocycles. The summed E-state index contributed by atoms with van der Waals surface area (Å²) in [5.74, 6) is 3.37. The molecule has 0 unspecified atom stereocenters. The van der Waals surface area contributed by atoms with Crippen molar-refractivity contribution in [1.82, 2.24) is 19.6 Å². The maximum atomic E-state index is 6.37. The molecule has 4 rings (SSSR count). The van der Waals surface area contributed by atoms with E-state index in [-0.39, 0.29) is 0 Å². The van der Waals surface area contributed by atoms with Gasteiger partial charge in [0.05, 0.1) is 14.2 Å². The van der Waals surface area contributed by atoms with Gasteiger partial charge in [-0.2, -0.15) is 4.52 Å². The predicted molar refractivity (Wildman–Crippen MR) is 109 cm³/mol. The molecule has 0 saturated heterocycles. The van der Waals surface area contributed by atoms with Gasteiger partial charge in [0.25, 0.3) is 0 Å². The highest BCUT2D eigenvalue weighted by Crippen LogP contribution is 2.33. The molecule has 1 saturated carbocycles. The second-order valence-corrected chi connectivity index (χ2v) is 7.43. The van der Waals surface area contributed by atoms with Crippen LogP contribution in [0.25, 0.3) is 5.65 Å². The molecule has 3 aromatic rings. The lowest BCUT2D eigenvalue weighted by Gasteiger charge is -2.13. The second kappa shape index (κ2) is 7.83. The van der Waals surface area contributed by atoms with Crippen molar-refractivity contribution in [3.8, 4) is 11.5 Å². The van der Waals surface area contributed by atoms with Gasteiger partial charge in [-0.15, -0.1) is 5.10 Å². The van der Waals surface area contributed by atoms with E-state index >= 15 is 0 Å². The van der Waals surface area contributed by atoms with Crippen molar-refractivity contribution in [3.05, 3.63) is 40.3 Å². The van der Waals surface area contributed by atoms with Gasteiger partial charge in [-0.05, 0) is 31.9 Å². The zero-order chi connectivity index (χ0) is 19.7. The Kier molecular flexibility index (Phi) is 5.26. The van der Waals surface area contributed by atoms with E-state index in [1.807, 2.05) is 25.1 Å². The largest absolute Gasteiger partial charge is 0.497 e. The van der Waals surface area contributed by atoms with Gasteiger partial charge >= 0.3 is 0 Å². The molecule has 0 spiro atoms. The zero-order valence-corrected chi connectivity index (χ0v) is 17.1. The fourth-order valence-corrected chi connectivity index (χ4v) is 3.84. The molecule has 1 aliphatic rings. The van der Waals surface area contributed by atoms with Crippen LogP contribution in [-0.2, 0) is 6.54 Å². The molecule has 8 heteroatoms. The standard InChI is InChI=1S/C20H24ClN5O2/c1-12-17(21)23-20(22-11-14-8-9-15(27-2)10-16(14)28-3)26-19(12)24-18(25-26)13-6-4-5-7-13/h8-10,13H,4-7,11H2,1-3H3,(H,22,23). The summed E-state index contributed by atoms with van der Waals surface area (Å²) in [5, 5.41) is 8.51. The van der Waals surface area contributed by atoms with E-state index < -0.39 is 0 Å². The number of anilines is 1. The number of nitrogens with zero attached hydrogens (tertiary/aromatic N) is 4. The molecule has 0 bridgehead atoms. The first-order valence-electron chi connectivity index (χ1n) is 9.48. The number of methoxy groups -OCH3 is 2. The van der Waals surface area contributed by atoms with Gasteiger partial charge in [-0.3, -0.25) is 0 Å². The van der Waals surface area contributed by atoms with Crippen LogP contribution in [0.15, 0.2) is 18.2 Å². The Balaban J connectivity index is 1.66. The zero-order valence-electron chi connectivity index (χ0n) is 16.3. The Labute approximate surface area is 169 Å². The molecule has 28 heavy (non-hydrogen) atoms. The van der Waals surface area contributed by atoms with Gasteiger partial charge in [0, 0.05) is 29.7 Å². The average molecular weight is 402 g/mol. The lowest BCUT2D eigenvalue weighted by Crippen LogP contribution is -2.10. The average Bonchev–Trinajstić information content (AvgIpc) is 3.39. The molecule has 1 fully saturated rings. The summed E-state index contributed by atoms with van der Waals surface area (Å²) in [7, 11) is 3.27. The number of nitrogens with one attached hydrogen (secondary N) is 1. The summed E-state index contributed by atoms with van der Waals surface area (Å²) in [6.45, 7) is 2.43. The minimum atomic E-state index is 0.424. The molecule has 148 valence electrons. The van der Waals surface area contributed by atoms with Gasteiger partial charge in [0.15, 0.2) is 11.5 Å². The fourth-order valence-electron chi connectivity index (χ4n) is 3.68. The number of halogens is 1. The molecule has 0 radical (unpaired) electrons. The minimum Gasteiger partial charge on any atom is -0.497 e. The van der Waals surface area contributed by atoms with E-state index in [4.69, 9.17) is 31.2 Å². The normalized spacial score (nSPS) is 14.6. The van der Waals surface area contributed by atoms with Crippen LogP contribution in [0.4, 0.5) is 5.95 Å². The van der Waals surface area contributed by atoms with E-state index in [9.17, 15) is 0 Å². The SMILES string of the molecule is COc1ccc(CNc2nc(Cl)c(C)c3nc(C4CCCC4)nn23)c(OC)c1. The van der Waals surface area contributed by atoms with Crippen LogP contribution < -0.4 is 14.8 Å². The summed E-state index contributed by atoms with van der Waals surface area (Å²) in [5.41, 5.74) is 2.57. The van der Waals surface area contributed by atoms with Crippen molar-refractivity contribution >= 4 is 23.2 Å². The molecule has 0 amide bonds. The summed E-state index contributed by atoms with van der Waals surface area (Å²) >= 11 is 6.37. The number of aryl methyl sites for hydroxylation is 1. The molecular formula is C20H24ClN5O2. The summed E-state index contributed by atoms with van der Waals surface area (Å²) in [4.78, 5) is 9.27. The topological polar surface area (TPSA) is 73.6 Å². The van der Waals surface area contributed by atoms with E-state index in [2.05, 4.69) is 10.3 Å². The van der Waals surface area contributed by atoms with Crippen molar-refractivity contribution in [3.63, 3.8) is 0 Å². The first-order chi connectivity index (χ1) is 13.6. The van der Waals surface area contributed by atoms with Gasteiger partial charge in [-0.1, -0.05) is 24.4 Å². The van der Waals surface area contributed by atoms with Crippen molar-refractivity contribution in [2.75, 3.05) is 19.5 Å². The number of hydrogen-bond donors (Lipinski definition) is 1. The number of hydrogen-bond acceptors (Lipinski definition) is 6. The van der Waals surface area contributed by atoms with Crippen molar-refractivity contribution in [2.45, 2.75) is 45.1 Å². The molecule has 0 aliphatic heterocycles. The number of ether oxygens (including phenoxy) is 2. The van der Waals surface area contributed by atoms with Crippen LogP contribution in [-0.4, -0.2) is 33.8 Å². The molecular weight excluding hydrogens is 378 g/mol. The van der Waals surface area contributed by atoms with Crippen LogP contribution in [0, 0.1) is 6.92 Å². The Morgan fingerprint density at radius 3 is 2.68 bits per heavy atom. The van der Waals surface area contributed by atoms with E-state index in [0.29, 0.717) is 23.6 Å². The maximum Gasteiger partial charge on any atom is 0.227 e. The van der Waals surface area contributed by atoms with Crippen molar-refractivity contribution in [1.29, 1.82) is 0 Å². The van der Waals surface area contributed by atoms with E-state index in [1.54, 1.807) is 18.7 Å². The highest BCUT2D eigenvalue weighted by molar-refractivity contribution is 6.30. The Morgan fingerprint density at radius 1 is 1.18 bits per heavy atom. The third-order valence-corrected chi connectivity index (χ3v) is 5.69.